The monoisotopic (exact) mass is 492 g/mol. The number of benzene rings is 1. The summed E-state index contributed by atoms with van der Waals surface area (Å²) in [5, 5.41) is 6.51. The standard InChI is InChI=1S/C24H24N6O6/c1-13-17(14(2)36-30-13)10-34-18-7-5-16(9-19(18)33-4)6-8-20(31)35-15(3)24(32)29-23-21-22(26-11-25-21)27-12-28-23/h5-9,11-12,15H,10H2,1-4H3,(H2,25,26,27,28,29,32)/b8-6+. The number of imidazole rings is 1. The number of aromatic nitrogens is 5. The Morgan fingerprint density at radius 2 is 2.03 bits per heavy atom. The highest BCUT2D eigenvalue weighted by atomic mass is 16.5. The average Bonchev–Trinajstić information content (AvgIpc) is 3.48. The smallest absolute Gasteiger partial charge is 0.331 e. The predicted molar refractivity (Wildman–Crippen MR) is 128 cm³/mol. The highest BCUT2D eigenvalue weighted by molar-refractivity contribution is 6.00. The van der Waals surface area contributed by atoms with Crippen LogP contribution in [0.4, 0.5) is 5.82 Å². The van der Waals surface area contributed by atoms with Gasteiger partial charge in [0.25, 0.3) is 5.91 Å². The highest BCUT2D eigenvalue weighted by Crippen LogP contribution is 2.30. The number of methoxy groups -OCH3 is 1. The molecule has 12 heteroatoms. The summed E-state index contributed by atoms with van der Waals surface area (Å²) in [6.07, 6.45) is 4.42. The van der Waals surface area contributed by atoms with Crippen molar-refractivity contribution < 1.29 is 28.3 Å². The molecule has 3 heterocycles. The van der Waals surface area contributed by atoms with Gasteiger partial charge in [-0.2, -0.15) is 0 Å². The van der Waals surface area contributed by atoms with Crippen molar-refractivity contribution in [3.63, 3.8) is 0 Å². The first-order chi connectivity index (χ1) is 17.4. The van der Waals surface area contributed by atoms with Gasteiger partial charge >= 0.3 is 5.97 Å². The summed E-state index contributed by atoms with van der Waals surface area (Å²) >= 11 is 0. The Kier molecular flexibility index (Phi) is 7.23. The van der Waals surface area contributed by atoms with E-state index in [0.29, 0.717) is 34.0 Å². The Labute approximate surface area is 205 Å². The molecule has 0 spiro atoms. The van der Waals surface area contributed by atoms with Crippen LogP contribution in [0.5, 0.6) is 11.5 Å². The molecule has 3 aromatic heterocycles. The van der Waals surface area contributed by atoms with Crippen LogP contribution < -0.4 is 14.8 Å². The molecule has 186 valence electrons. The number of carbonyl (C=O) groups excluding carboxylic acids is 2. The van der Waals surface area contributed by atoms with E-state index in [9.17, 15) is 9.59 Å². The fourth-order valence-electron chi connectivity index (χ4n) is 3.27. The number of H-pyrrole nitrogens is 1. The molecule has 12 nitrogen and oxygen atoms in total. The second kappa shape index (κ2) is 10.7. The van der Waals surface area contributed by atoms with E-state index in [1.807, 2.05) is 13.8 Å². The number of carbonyl (C=O) groups is 2. The molecule has 0 bridgehead atoms. The van der Waals surface area contributed by atoms with Crippen molar-refractivity contribution >= 4 is 34.9 Å². The summed E-state index contributed by atoms with van der Waals surface area (Å²) in [5.74, 6) is 0.708. The maximum Gasteiger partial charge on any atom is 0.331 e. The lowest BCUT2D eigenvalue weighted by Gasteiger charge is -2.12. The fraction of sp³-hybridized carbons (Fsp3) is 0.250. The van der Waals surface area contributed by atoms with Gasteiger partial charge in [0.05, 0.1) is 24.7 Å². The van der Waals surface area contributed by atoms with E-state index in [1.54, 1.807) is 24.3 Å². The number of nitrogens with zero attached hydrogens (tertiary/aromatic N) is 4. The first-order valence-corrected chi connectivity index (χ1v) is 10.9. The van der Waals surface area contributed by atoms with Crippen LogP contribution in [-0.4, -0.2) is 50.2 Å². The number of hydrogen-bond acceptors (Lipinski definition) is 10. The van der Waals surface area contributed by atoms with Gasteiger partial charge in [0, 0.05) is 6.08 Å². The van der Waals surface area contributed by atoms with Gasteiger partial charge in [-0.05, 0) is 44.5 Å². The molecule has 0 aliphatic rings. The van der Waals surface area contributed by atoms with Crippen molar-refractivity contribution in [2.24, 2.45) is 0 Å². The van der Waals surface area contributed by atoms with Crippen LogP contribution >= 0.6 is 0 Å². The summed E-state index contributed by atoms with van der Waals surface area (Å²) < 4.78 is 21.6. The van der Waals surface area contributed by atoms with Crippen molar-refractivity contribution in [3.8, 4) is 11.5 Å². The minimum absolute atomic E-state index is 0.240. The topological polar surface area (TPSA) is 154 Å². The molecule has 0 saturated carbocycles. The molecule has 1 amide bonds. The molecule has 4 aromatic rings. The molecular formula is C24H24N6O6. The predicted octanol–water partition coefficient (Wildman–Crippen LogP) is 3.13. The largest absolute Gasteiger partial charge is 0.493 e. The second-order valence-corrected chi connectivity index (χ2v) is 7.73. The van der Waals surface area contributed by atoms with E-state index >= 15 is 0 Å². The van der Waals surface area contributed by atoms with E-state index in [1.165, 1.54) is 32.8 Å². The number of nitrogens with one attached hydrogen (secondary N) is 2. The highest BCUT2D eigenvalue weighted by Gasteiger charge is 2.19. The van der Waals surface area contributed by atoms with Gasteiger partial charge in [0.1, 0.15) is 24.2 Å². The van der Waals surface area contributed by atoms with Gasteiger partial charge in [0.15, 0.2) is 29.1 Å². The molecule has 0 saturated heterocycles. The third-order valence-electron chi connectivity index (χ3n) is 5.28. The Hall–Kier alpha value is -4.74. The number of anilines is 1. The Balaban J connectivity index is 1.34. The summed E-state index contributed by atoms with van der Waals surface area (Å²) in [6.45, 7) is 5.40. The Morgan fingerprint density at radius 3 is 2.78 bits per heavy atom. The maximum atomic E-state index is 12.5. The van der Waals surface area contributed by atoms with Crippen LogP contribution in [0.25, 0.3) is 17.2 Å². The lowest BCUT2D eigenvalue weighted by atomic mass is 10.2. The molecule has 1 unspecified atom stereocenters. The molecule has 0 radical (unpaired) electrons. The number of fused-ring (bicyclic) bond motifs is 1. The first kappa shape index (κ1) is 24.4. The first-order valence-electron chi connectivity index (χ1n) is 10.9. The van der Waals surface area contributed by atoms with Crippen LogP contribution in [0.15, 0.2) is 41.5 Å². The summed E-state index contributed by atoms with van der Waals surface area (Å²) in [7, 11) is 1.52. The number of aromatic amines is 1. The van der Waals surface area contributed by atoms with E-state index in [4.69, 9.17) is 18.7 Å². The molecular weight excluding hydrogens is 468 g/mol. The molecule has 4 rings (SSSR count). The molecule has 0 aliphatic carbocycles. The summed E-state index contributed by atoms with van der Waals surface area (Å²) in [5.41, 5.74) is 3.18. The minimum atomic E-state index is -1.07. The molecule has 2 N–H and O–H groups in total. The van der Waals surface area contributed by atoms with Crippen LogP contribution in [0.1, 0.15) is 29.5 Å². The van der Waals surface area contributed by atoms with Gasteiger partial charge in [0.2, 0.25) is 0 Å². The number of rotatable bonds is 9. The van der Waals surface area contributed by atoms with Gasteiger partial charge in [-0.1, -0.05) is 11.2 Å². The van der Waals surface area contributed by atoms with Crippen molar-refractivity contribution in [2.75, 3.05) is 12.4 Å². The molecule has 1 aromatic carbocycles. The quantitative estimate of drug-likeness (QED) is 0.263. The number of esters is 1. The zero-order valence-corrected chi connectivity index (χ0v) is 20.1. The number of aryl methyl sites for hydroxylation is 2. The van der Waals surface area contributed by atoms with Crippen LogP contribution in [0.3, 0.4) is 0 Å². The minimum Gasteiger partial charge on any atom is -0.493 e. The maximum absolute atomic E-state index is 12.5. The Morgan fingerprint density at radius 1 is 1.19 bits per heavy atom. The van der Waals surface area contributed by atoms with Gasteiger partial charge in [-0.25, -0.2) is 19.7 Å². The number of hydrogen-bond donors (Lipinski definition) is 2. The van der Waals surface area contributed by atoms with E-state index in [0.717, 1.165) is 11.3 Å². The lowest BCUT2D eigenvalue weighted by Crippen LogP contribution is -2.29. The molecule has 0 fully saturated rings. The third-order valence-corrected chi connectivity index (χ3v) is 5.28. The zero-order valence-electron chi connectivity index (χ0n) is 20.1. The van der Waals surface area contributed by atoms with Crippen LogP contribution in [-0.2, 0) is 20.9 Å². The Bertz CT molecular complexity index is 1410. The molecule has 1 atom stereocenters. The number of amides is 1. The van der Waals surface area contributed by atoms with Crippen molar-refractivity contribution in [1.29, 1.82) is 0 Å². The van der Waals surface area contributed by atoms with Gasteiger partial charge in [-0.15, -0.1) is 0 Å². The molecule has 0 aliphatic heterocycles. The SMILES string of the molecule is COc1cc(/C=C/C(=O)OC(C)C(=O)Nc2ncnc3nc[nH]c23)ccc1OCc1c(C)noc1C. The lowest BCUT2D eigenvalue weighted by molar-refractivity contribution is -0.148. The average molecular weight is 492 g/mol. The fourth-order valence-corrected chi connectivity index (χ4v) is 3.27. The van der Waals surface area contributed by atoms with E-state index in [-0.39, 0.29) is 12.4 Å². The van der Waals surface area contributed by atoms with E-state index < -0.39 is 18.0 Å². The second-order valence-electron chi connectivity index (χ2n) is 7.73. The summed E-state index contributed by atoms with van der Waals surface area (Å²) in [4.78, 5) is 39.6. The van der Waals surface area contributed by atoms with Crippen molar-refractivity contribution in [3.05, 3.63) is 59.5 Å². The van der Waals surface area contributed by atoms with Crippen molar-refractivity contribution in [2.45, 2.75) is 33.5 Å². The van der Waals surface area contributed by atoms with Crippen LogP contribution in [0, 0.1) is 13.8 Å². The normalized spacial score (nSPS) is 12.0. The van der Waals surface area contributed by atoms with Gasteiger partial charge in [-0.3, -0.25) is 4.79 Å². The third kappa shape index (κ3) is 5.49. The summed E-state index contributed by atoms with van der Waals surface area (Å²) in [6, 6.07) is 5.21. The van der Waals surface area contributed by atoms with Crippen molar-refractivity contribution in [1.82, 2.24) is 25.1 Å². The molecule has 36 heavy (non-hydrogen) atoms. The zero-order chi connectivity index (χ0) is 25.7. The number of ether oxygens (including phenoxy) is 3. The van der Waals surface area contributed by atoms with Crippen LogP contribution in [0.2, 0.25) is 0 Å². The van der Waals surface area contributed by atoms with E-state index in [2.05, 4.69) is 30.4 Å². The van der Waals surface area contributed by atoms with Gasteiger partial charge < -0.3 is 29.0 Å².